The van der Waals surface area contributed by atoms with Gasteiger partial charge in [0.2, 0.25) is 0 Å². The molecule has 0 heterocycles. The lowest BCUT2D eigenvalue weighted by Gasteiger charge is -2.04. The Kier molecular flexibility index (Phi) is 6.06. The summed E-state index contributed by atoms with van der Waals surface area (Å²) >= 11 is 0. The number of hydrogen-bond donors (Lipinski definition) is 3. The van der Waals surface area contributed by atoms with Gasteiger partial charge in [-0.1, -0.05) is 6.42 Å². The molecule has 12 heavy (non-hydrogen) atoms. The summed E-state index contributed by atoms with van der Waals surface area (Å²) in [5.41, 5.74) is 5.25. The molecular weight excluding hydrogens is 180 g/mol. The van der Waals surface area contributed by atoms with Gasteiger partial charge in [0.15, 0.2) is 0 Å². The SMILES string of the molecule is Cl.[2H]C([2H])([2H])NCCCC[C@H](N)C(=O)O. The van der Waals surface area contributed by atoms with Crippen LogP contribution in [0.5, 0.6) is 0 Å². The van der Waals surface area contributed by atoms with Crippen LogP contribution in [0.15, 0.2) is 0 Å². The van der Waals surface area contributed by atoms with E-state index in [1.807, 2.05) is 0 Å². The van der Waals surface area contributed by atoms with E-state index in [1.54, 1.807) is 0 Å². The highest BCUT2D eigenvalue weighted by atomic mass is 35.5. The van der Waals surface area contributed by atoms with Gasteiger partial charge in [-0.25, -0.2) is 0 Å². The van der Waals surface area contributed by atoms with E-state index >= 15 is 0 Å². The molecule has 0 fully saturated rings. The Morgan fingerprint density at radius 1 is 1.75 bits per heavy atom. The molecule has 0 aromatic carbocycles. The summed E-state index contributed by atoms with van der Waals surface area (Å²) in [5.74, 6) is -1.02. The Bertz CT molecular complexity index is 190. The van der Waals surface area contributed by atoms with Crippen molar-refractivity contribution in [1.82, 2.24) is 5.32 Å². The van der Waals surface area contributed by atoms with Crippen LogP contribution in [0.4, 0.5) is 0 Å². The number of unbranched alkanes of at least 4 members (excludes halogenated alkanes) is 1. The first-order valence-corrected chi connectivity index (χ1v) is 3.56. The van der Waals surface area contributed by atoms with Crippen LogP contribution in [-0.2, 0) is 4.79 Å². The first-order chi connectivity index (χ1) is 6.33. The smallest absolute Gasteiger partial charge is 0.320 e. The lowest BCUT2D eigenvalue weighted by Crippen LogP contribution is -2.29. The second kappa shape index (κ2) is 8.77. The monoisotopic (exact) mass is 199 g/mol. The molecule has 0 spiro atoms. The highest BCUT2D eigenvalue weighted by Crippen LogP contribution is 1.97. The third-order valence-electron chi connectivity index (χ3n) is 1.38. The molecule has 0 unspecified atom stereocenters. The van der Waals surface area contributed by atoms with E-state index in [2.05, 4.69) is 5.32 Å². The molecule has 0 bridgehead atoms. The summed E-state index contributed by atoms with van der Waals surface area (Å²) in [5, 5.41) is 10.8. The van der Waals surface area contributed by atoms with Gasteiger partial charge >= 0.3 is 5.97 Å². The number of halogens is 1. The van der Waals surface area contributed by atoms with Crippen molar-refractivity contribution in [2.75, 3.05) is 13.5 Å². The maximum atomic E-state index is 10.3. The van der Waals surface area contributed by atoms with E-state index < -0.39 is 19.0 Å². The van der Waals surface area contributed by atoms with Crippen molar-refractivity contribution >= 4 is 18.4 Å². The van der Waals surface area contributed by atoms with Gasteiger partial charge in [0.25, 0.3) is 0 Å². The maximum absolute atomic E-state index is 10.3. The average Bonchev–Trinajstić information content (AvgIpc) is 2.01. The summed E-state index contributed by atoms with van der Waals surface area (Å²) < 4.78 is 20.5. The molecule has 0 rings (SSSR count). The van der Waals surface area contributed by atoms with E-state index in [1.165, 1.54) is 0 Å². The fraction of sp³-hybridized carbons (Fsp3) is 0.857. The zero-order chi connectivity index (χ0) is 11.2. The molecule has 0 amide bonds. The fourth-order valence-corrected chi connectivity index (χ4v) is 0.701. The van der Waals surface area contributed by atoms with Crippen molar-refractivity contribution in [3.63, 3.8) is 0 Å². The van der Waals surface area contributed by atoms with Crippen LogP contribution in [0.2, 0.25) is 0 Å². The summed E-state index contributed by atoms with van der Waals surface area (Å²) in [6.45, 7) is -1.77. The van der Waals surface area contributed by atoms with Crippen molar-refractivity contribution < 1.29 is 14.0 Å². The minimum atomic E-state index is -2.12. The molecule has 0 aromatic rings. The van der Waals surface area contributed by atoms with Gasteiger partial charge < -0.3 is 16.2 Å². The fourth-order valence-electron chi connectivity index (χ4n) is 0.701. The molecule has 74 valence electrons. The molecule has 0 radical (unpaired) electrons. The molecular formula is C7H17ClN2O2. The minimum Gasteiger partial charge on any atom is -0.480 e. The number of carboxylic acids is 1. The van der Waals surface area contributed by atoms with Gasteiger partial charge in [0, 0.05) is 4.11 Å². The van der Waals surface area contributed by atoms with Gasteiger partial charge in [-0.15, -0.1) is 12.4 Å². The molecule has 0 aliphatic carbocycles. The zero-order valence-electron chi connectivity index (χ0n) is 9.75. The van der Waals surface area contributed by atoms with E-state index in [0.717, 1.165) is 0 Å². The number of aliphatic carboxylic acids is 1. The van der Waals surface area contributed by atoms with E-state index in [-0.39, 0.29) is 12.4 Å². The average molecular weight is 200 g/mol. The normalized spacial score (nSPS) is 16.6. The molecule has 0 aliphatic rings. The Labute approximate surface area is 83.1 Å². The molecule has 1 atom stereocenters. The predicted octanol–water partition coefficient (Wildman–Crippen LogP) is 0.210. The van der Waals surface area contributed by atoms with Gasteiger partial charge in [-0.2, -0.15) is 0 Å². The van der Waals surface area contributed by atoms with E-state index in [0.29, 0.717) is 25.8 Å². The molecule has 4 nitrogen and oxygen atoms in total. The highest BCUT2D eigenvalue weighted by Gasteiger charge is 2.09. The first kappa shape index (κ1) is 8.29. The van der Waals surface area contributed by atoms with Crippen molar-refractivity contribution in [3.05, 3.63) is 0 Å². The topological polar surface area (TPSA) is 75.3 Å². The summed E-state index contributed by atoms with van der Waals surface area (Å²) in [4.78, 5) is 10.3. The number of nitrogens with one attached hydrogen (secondary N) is 1. The van der Waals surface area contributed by atoms with Gasteiger partial charge in [-0.3, -0.25) is 4.79 Å². The van der Waals surface area contributed by atoms with Crippen molar-refractivity contribution in [3.8, 4) is 0 Å². The van der Waals surface area contributed by atoms with Gasteiger partial charge in [0.1, 0.15) is 6.04 Å². The van der Waals surface area contributed by atoms with Crippen molar-refractivity contribution in [1.29, 1.82) is 0 Å². The zero-order valence-corrected chi connectivity index (χ0v) is 7.56. The van der Waals surface area contributed by atoms with Crippen molar-refractivity contribution in [2.24, 2.45) is 5.73 Å². The summed E-state index contributed by atoms with van der Waals surface area (Å²) in [6, 6.07) is -0.845. The van der Waals surface area contributed by atoms with Crippen LogP contribution in [0, 0.1) is 0 Å². The molecule has 0 saturated carbocycles. The minimum absolute atomic E-state index is 0. The van der Waals surface area contributed by atoms with Crippen LogP contribution >= 0.6 is 12.4 Å². The lowest BCUT2D eigenvalue weighted by molar-refractivity contribution is -0.138. The molecule has 0 aliphatic heterocycles. The Balaban J connectivity index is 0. The van der Waals surface area contributed by atoms with Gasteiger partial charge in [0.05, 0.1) is 0 Å². The quantitative estimate of drug-likeness (QED) is 0.535. The predicted molar refractivity (Wildman–Crippen MR) is 50.6 cm³/mol. The maximum Gasteiger partial charge on any atom is 0.320 e. The largest absolute Gasteiger partial charge is 0.480 e. The Morgan fingerprint density at radius 2 is 2.42 bits per heavy atom. The van der Waals surface area contributed by atoms with Crippen LogP contribution in [0.1, 0.15) is 23.4 Å². The van der Waals surface area contributed by atoms with Crippen LogP contribution in [0.3, 0.4) is 0 Å². The number of carboxylic acid groups (broad SMARTS) is 1. The second-order valence-corrected chi connectivity index (χ2v) is 2.37. The van der Waals surface area contributed by atoms with Gasteiger partial charge in [-0.05, 0) is 26.4 Å². The lowest BCUT2D eigenvalue weighted by atomic mass is 10.1. The third kappa shape index (κ3) is 7.78. The second-order valence-electron chi connectivity index (χ2n) is 2.37. The standard InChI is InChI=1S/C7H16N2O2.ClH/c1-9-5-3-2-4-6(8)7(10)11;/h6,9H,2-5,8H2,1H3,(H,10,11);1H/t6-;/m0./s1/i1D3;. The molecule has 5 heteroatoms. The Hall–Kier alpha value is -0.320. The van der Waals surface area contributed by atoms with E-state index in [4.69, 9.17) is 15.0 Å². The number of hydrogen-bond acceptors (Lipinski definition) is 3. The number of nitrogens with two attached hydrogens (primary N) is 1. The molecule has 4 N–H and O–H groups in total. The summed E-state index contributed by atoms with van der Waals surface area (Å²) in [7, 11) is 0. The van der Waals surface area contributed by atoms with Crippen LogP contribution in [-0.4, -0.2) is 30.6 Å². The third-order valence-corrected chi connectivity index (χ3v) is 1.38. The Morgan fingerprint density at radius 3 is 2.92 bits per heavy atom. The molecule has 0 saturated heterocycles. The van der Waals surface area contributed by atoms with Crippen LogP contribution in [0.25, 0.3) is 0 Å². The summed E-state index contributed by atoms with van der Waals surface area (Å²) in [6.07, 6.45) is 1.59. The number of rotatable bonds is 6. The highest BCUT2D eigenvalue weighted by molar-refractivity contribution is 5.85. The first-order valence-electron chi connectivity index (χ1n) is 5.06. The number of carbonyl (C=O) groups is 1. The van der Waals surface area contributed by atoms with E-state index in [9.17, 15) is 4.79 Å². The molecule has 0 aromatic heterocycles. The van der Waals surface area contributed by atoms with Crippen LogP contribution < -0.4 is 11.1 Å². The van der Waals surface area contributed by atoms with Crippen molar-refractivity contribution in [2.45, 2.75) is 25.3 Å².